The maximum atomic E-state index is 13.1. The molecule has 0 saturated carbocycles. The molecule has 0 atom stereocenters. The number of anilines is 3. The van der Waals surface area contributed by atoms with Crippen LogP contribution in [-0.4, -0.2) is 22.4 Å². The van der Waals surface area contributed by atoms with Crippen molar-refractivity contribution >= 4 is 23.2 Å². The molecule has 0 aliphatic rings. The van der Waals surface area contributed by atoms with Gasteiger partial charge in [0.2, 0.25) is 5.95 Å². The summed E-state index contributed by atoms with van der Waals surface area (Å²) in [6.07, 6.45) is 0. The third-order valence-electron chi connectivity index (χ3n) is 4.24. The van der Waals surface area contributed by atoms with Crippen LogP contribution in [0.2, 0.25) is 0 Å². The third-order valence-corrected chi connectivity index (χ3v) is 4.24. The zero-order chi connectivity index (χ0) is 20.1. The highest BCUT2D eigenvalue weighted by Gasteiger charge is 2.19. The van der Waals surface area contributed by atoms with Crippen molar-refractivity contribution < 1.29 is 4.79 Å². The Morgan fingerprint density at radius 2 is 1.89 bits per heavy atom. The van der Waals surface area contributed by atoms with E-state index in [1.54, 1.807) is 29.2 Å². The van der Waals surface area contributed by atoms with Gasteiger partial charge in [-0.25, -0.2) is 9.97 Å². The van der Waals surface area contributed by atoms with Gasteiger partial charge in [0, 0.05) is 17.9 Å². The van der Waals surface area contributed by atoms with Crippen LogP contribution in [0.5, 0.6) is 0 Å². The van der Waals surface area contributed by atoms with Gasteiger partial charge >= 0.3 is 0 Å². The quantitative estimate of drug-likeness (QED) is 0.720. The van der Waals surface area contributed by atoms with Gasteiger partial charge in [0.25, 0.3) is 5.91 Å². The molecule has 6 nitrogen and oxygen atoms in total. The molecule has 0 spiro atoms. The van der Waals surface area contributed by atoms with Crippen LogP contribution in [0.1, 0.15) is 34.2 Å². The first-order valence-corrected chi connectivity index (χ1v) is 9.02. The van der Waals surface area contributed by atoms with Crippen LogP contribution in [0.3, 0.4) is 0 Å². The molecule has 1 N–H and O–H groups in total. The zero-order valence-electron chi connectivity index (χ0n) is 16.1. The number of benzene rings is 2. The lowest BCUT2D eigenvalue weighted by Gasteiger charge is -2.21. The first kappa shape index (κ1) is 19.1. The highest BCUT2D eigenvalue weighted by Crippen LogP contribution is 2.21. The fourth-order valence-corrected chi connectivity index (χ4v) is 2.92. The van der Waals surface area contributed by atoms with Crippen LogP contribution in [0.25, 0.3) is 0 Å². The van der Waals surface area contributed by atoms with Crippen molar-refractivity contribution in [1.82, 2.24) is 9.97 Å². The largest absolute Gasteiger partial charge is 0.323 e. The van der Waals surface area contributed by atoms with E-state index in [4.69, 9.17) is 0 Å². The number of nitrogens with one attached hydrogen (secondary N) is 1. The van der Waals surface area contributed by atoms with Gasteiger partial charge in [0.15, 0.2) is 0 Å². The first-order valence-electron chi connectivity index (χ1n) is 9.02. The molecule has 0 aliphatic carbocycles. The summed E-state index contributed by atoms with van der Waals surface area (Å²) in [4.78, 5) is 23.6. The number of amides is 1. The Hall–Kier alpha value is -3.72. The number of aromatic nitrogens is 2. The number of hydrogen-bond donors (Lipinski definition) is 1. The predicted octanol–water partition coefficient (Wildman–Crippen LogP) is 4.38. The van der Waals surface area contributed by atoms with Crippen molar-refractivity contribution in [2.24, 2.45) is 0 Å². The number of aryl methyl sites for hydroxylation is 2. The van der Waals surface area contributed by atoms with Gasteiger partial charge in [-0.05, 0) is 56.7 Å². The van der Waals surface area contributed by atoms with Gasteiger partial charge in [-0.2, -0.15) is 5.26 Å². The van der Waals surface area contributed by atoms with E-state index in [1.807, 2.05) is 51.1 Å². The van der Waals surface area contributed by atoms with E-state index in [-0.39, 0.29) is 11.9 Å². The average Bonchev–Trinajstić information content (AvgIpc) is 2.68. The number of hydrogen-bond acceptors (Lipinski definition) is 5. The van der Waals surface area contributed by atoms with Crippen LogP contribution in [0.15, 0.2) is 54.6 Å². The topological polar surface area (TPSA) is 81.9 Å². The standard InChI is InChI=1S/C22H21N5O/c1-4-27(18-10-7-8-15(2)12-18)21(28)20-13-16(3)24-22(26-20)25-19-11-6-5-9-17(19)14-23/h5-13H,4H2,1-3H3,(H,24,25,26). The summed E-state index contributed by atoms with van der Waals surface area (Å²) >= 11 is 0. The summed E-state index contributed by atoms with van der Waals surface area (Å²) in [6, 6.07) is 18.7. The molecule has 0 aliphatic heterocycles. The molecule has 0 radical (unpaired) electrons. The summed E-state index contributed by atoms with van der Waals surface area (Å²) < 4.78 is 0. The molecule has 28 heavy (non-hydrogen) atoms. The Balaban J connectivity index is 1.94. The Labute approximate surface area is 164 Å². The highest BCUT2D eigenvalue weighted by atomic mass is 16.2. The molecule has 140 valence electrons. The number of nitriles is 1. The van der Waals surface area contributed by atoms with Crippen molar-refractivity contribution in [3.05, 3.63) is 77.1 Å². The van der Waals surface area contributed by atoms with E-state index in [0.29, 0.717) is 29.2 Å². The molecule has 0 fully saturated rings. The van der Waals surface area contributed by atoms with Crippen molar-refractivity contribution in [2.75, 3.05) is 16.8 Å². The number of nitrogens with zero attached hydrogens (tertiary/aromatic N) is 4. The molecule has 0 bridgehead atoms. The van der Waals surface area contributed by atoms with E-state index >= 15 is 0 Å². The van der Waals surface area contributed by atoms with Gasteiger partial charge in [0.05, 0.1) is 11.3 Å². The van der Waals surface area contributed by atoms with E-state index in [0.717, 1.165) is 11.3 Å². The van der Waals surface area contributed by atoms with E-state index in [2.05, 4.69) is 21.4 Å². The fraction of sp³-hybridized carbons (Fsp3) is 0.182. The average molecular weight is 371 g/mol. The molecule has 2 aromatic carbocycles. The second-order valence-electron chi connectivity index (χ2n) is 6.39. The summed E-state index contributed by atoms with van der Waals surface area (Å²) in [6.45, 7) is 6.25. The molecule has 1 aromatic heterocycles. The number of para-hydroxylation sites is 1. The molecule has 1 heterocycles. The lowest BCUT2D eigenvalue weighted by atomic mass is 10.2. The molecule has 0 unspecified atom stereocenters. The van der Waals surface area contributed by atoms with Crippen LogP contribution in [0.4, 0.5) is 17.3 Å². The van der Waals surface area contributed by atoms with Crippen molar-refractivity contribution in [1.29, 1.82) is 5.26 Å². The third kappa shape index (κ3) is 4.15. The monoisotopic (exact) mass is 371 g/mol. The van der Waals surface area contributed by atoms with Gasteiger partial charge in [-0.15, -0.1) is 0 Å². The smallest absolute Gasteiger partial charge is 0.277 e. The number of carbonyl (C=O) groups excluding carboxylic acids is 1. The fourth-order valence-electron chi connectivity index (χ4n) is 2.92. The van der Waals surface area contributed by atoms with Crippen LogP contribution >= 0.6 is 0 Å². The summed E-state index contributed by atoms with van der Waals surface area (Å²) in [5, 5.41) is 12.3. The second-order valence-corrected chi connectivity index (χ2v) is 6.39. The highest BCUT2D eigenvalue weighted by molar-refractivity contribution is 6.05. The normalized spacial score (nSPS) is 10.2. The van der Waals surface area contributed by atoms with E-state index < -0.39 is 0 Å². The van der Waals surface area contributed by atoms with Crippen LogP contribution < -0.4 is 10.2 Å². The molecular weight excluding hydrogens is 350 g/mol. The minimum Gasteiger partial charge on any atom is -0.323 e. The lowest BCUT2D eigenvalue weighted by molar-refractivity contribution is 0.0983. The second kappa shape index (κ2) is 8.31. The van der Waals surface area contributed by atoms with Crippen molar-refractivity contribution in [2.45, 2.75) is 20.8 Å². The summed E-state index contributed by atoms with van der Waals surface area (Å²) in [5.74, 6) is 0.0848. The molecular formula is C22H21N5O. The van der Waals surface area contributed by atoms with Gasteiger partial charge in [-0.3, -0.25) is 4.79 Å². The number of carbonyl (C=O) groups is 1. The molecule has 1 amide bonds. The predicted molar refractivity (Wildman–Crippen MR) is 110 cm³/mol. The lowest BCUT2D eigenvalue weighted by Crippen LogP contribution is -2.31. The minimum atomic E-state index is -0.199. The Morgan fingerprint density at radius 3 is 2.61 bits per heavy atom. The molecule has 0 saturated heterocycles. The Bertz CT molecular complexity index is 1050. The molecule has 6 heteroatoms. The van der Waals surface area contributed by atoms with Crippen LogP contribution in [0, 0.1) is 25.2 Å². The Kier molecular flexibility index (Phi) is 5.66. The van der Waals surface area contributed by atoms with Gasteiger partial charge in [-0.1, -0.05) is 24.3 Å². The number of rotatable bonds is 5. The first-order chi connectivity index (χ1) is 13.5. The van der Waals surface area contributed by atoms with Crippen LogP contribution in [-0.2, 0) is 0 Å². The van der Waals surface area contributed by atoms with Crippen molar-refractivity contribution in [3.8, 4) is 6.07 Å². The van der Waals surface area contributed by atoms with Gasteiger partial charge < -0.3 is 10.2 Å². The summed E-state index contributed by atoms with van der Waals surface area (Å²) in [5.41, 5.74) is 3.95. The minimum absolute atomic E-state index is 0.199. The zero-order valence-corrected chi connectivity index (χ0v) is 16.1. The maximum absolute atomic E-state index is 13.1. The summed E-state index contributed by atoms with van der Waals surface area (Å²) in [7, 11) is 0. The Morgan fingerprint density at radius 1 is 1.11 bits per heavy atom. The van der Waals surface area contributed by atoms with E-state index in [9.17, 15) is 10.1 Å². The maximum Gasteiger partial charge on any atom is 0.277 e. The van der Waals surface area contributed by atoms with Gasteiger partial charge in [0.1, 0.15) is 11.8 Å². The SMILES string of the molecule is CCN(C(=O)c1cc(C)nc(Nc2ccccc2C#N)n1)c1cccc(C)c1. The molecule has 3 rings (SSSR count). The van der Waals surface area contributed by atoms with Crippen molar-refractivity contribution in [3.63, 3.8) is 0 Å². The van der Waals surface area contributed by atoms with E-state index in [1.165, 1.54) is 0 Å². The molecule has 3 aromatic rings.